The lowest BCUT2D eigenvalue weighted by molar-refractivity contribution is 0.551. The maximum absolute atomic E-state index is 3.54. The third-order valence-corrected chi connectivity index (χ3v) is 2.81. The lowest BCUT2D eigenvalue weighted by Crippen LogP contribution is -2.15. The second-order valence-corrected chi connectivity index (χ2v) is 4.69. The van der Waals surface area contributed by atoms with Gasteiger partial charge in [-0.25, -0.2) is 0 Å². The molecule has 1 N–H and O–H groups in total. The highest BCUT2D eigenvalue weighted by molar-refractivity contribution is 5.69. The van der Waals surface area contributed by atoms with Crippen LogP contribution in [-0.4, -0.2) is 20.6 Å². The Morgan fingerprint density at radius 3 is 2.56 bits per heavy atom. The smallest absolute Gasteiger partial charge is 0.0596 e. The Hall–Kier alpha value is -1.18. The fraction of sp³-hybridized carbons (Fsp3) is 0.571. The van der Waals surface area contributed by atoms with Crippen LogP contribution in [0.1, 0.15) is 26.7 Å². The molecule has 0 aliphatic heterocycles. The van der Waals surface area contributed by atoms with Gasteiger partial charge in [0.1, 0.15) is 0 Å². The number of nitrogens with zero attached hydrogens (tertiary/aromatic N) is 1. The minimum absolute atomic E-state index is 0.736. The van der Waals surface area contributed by atoms with Crippen LogP contribution in [0.3, 0.4) is 0 Å². The normalized spacial score (nSPS) is 12.2. The molecule has 1 atom stereocenters. The summed E-state index contributed by atoms with van der Waals surface area (Å²) in [6.45, 7) is 5.59. The molecule has 0 saturated carbocycles. The number of hydrogen-bond acceptors (Lipinski definition) is 2. The molecule has 0 aromatic heterocycles. The van der Waals surface area contributed by atoms with Crippen molar-refractivity contribution in [3.63, 3.8) is 0 Å². The standard InChI is InChI=1S/C14H24N2/c1-5-8-12(2)11-15-13-9-6-7-10-14(13)16(3)4/h6-7,9-10,12,15H,5,8,11H2,1-4H3. The van der Waals surface area contributed by atoms with E-state index in [1.165, 1.54) is 24.2 Å². The zero-order valence-corrected chi connectivity index (χ0v) is 11.0. The van der Waals surface area contributed by atoms with Crippen LogP contribution >= 0.6 is 0 Å². The minimum atomic E-state index is 0.736. The largest absolute Gasteiger partial charge is 0.383 e. The maximum Gasteiger partial charge on any atom is 0.0596 e. The molecule has 0 spiro atoms. The Labute approximate surface area is 99.7 Å². The summed E-state index contributed by atoms with van der Waals surface area (Å²) in [6.07, 6.45) is 2.55. The van der Waals surface area contributed by atoms with Gasteiger partial charge in [-0.3, -0.25) is 0 Å². The van der Waals surface area contributed by atoms with E-state index in [0.717, 1.165) is 12.5 Å². The van der Waals surface area contributed by atoms with E-state index >= 15 is 0 Å². The van der Waals surface area contributed by atoms with Crippen molar-refractivity contribution in [1.29, 1.82) is 0 Å². The molecule has 1 unspecified atom stereocenters. The maximum atomic E-state index is 3.54. The summed E-state index contributed by atoms with van der Waals surface area (Å²) in [4.78, 5) is 2.15. The van der Waals surface area contributed by atoms with E-state index < -0.39 is 0 Å². The molecule has 0 aliphatic rings. The van der Waals surface area contributed by atoms with Crippen LogP contribution in [0.15, 0.2) is 24.3 Å². The topological polar surface area (TPSA) is 15.3 Å². The third kappa shape index (κ3) is 3.76. The van der Waals surface area contributed by atoms with Crippen molar-refractivity contribution in [2.24, 2.45) is 5.92 Å². The Balaban J connectivity index is 2.59. The molecule has 90 valence electrons. The fourth-order valence-electron chi connectivity index (χ4n) is 1.89. The predicted molar refractivity (Wildman–Crippen MR) is 73.3 cm³/mol. The lowest BCUT2D eigenvalue weighted by Gasteiger charge is -2.20. The van der Waals surface area contributed by atoms with Crippen molar-refractivity contribution < 1.29 is 0 Å². The first kappa shape index (κ1) is 12.9. The van der Waals surface area contributed by atoms with Crippen molar-refractivity contribution in [3.8, 4) is 0 Å². The van der Waals surface area contributed by atoms with Crippen LogP contribution in [0.2, 0.25) is 0 Å². The molecule has 0 saturated heterocycles. The highest BCUT2D eigenvalue weighted by Crippen LogP contribution is 2.23. The van der Waals surface area contributed by atoms with Gasteiger partial charge in [-0.2, -0.15) is 0 Å². The minimum Gasteiger partial charge on any atom is -0.383 e. The van der Waals surface area contributed by atoms with Gasteiger partial charge in [0, 0.05) is 20.6 Å². The van der Waals surface area contributed by atoms with E-state index in [0.29, 0.717) is 0 Å². The van der Waals surface area contributed by atoms with Gasteiger partial charge in [0.15, 0.2) is 0 Å². The van der Waals surface area contributed by atoms with Gasteiger partial charge in [-0.1, -0.05) is 32.4 Å². The first-order chi connectivity index (χ1) is 7.65. The van der Waals surface area contributed by atoms with Crippen LogP contribution in [0.5, 0.6) is 0 Å². The van der Waals surface area contributed by atoms with Crippen LogP contribution < -0.4 is 10.2 Å². The van der Waals surface area contributed by atoms with E-state index in [2.05, 4.69) is 62.4 Å². The molecule has 1 aromatic carbocycles. The number of anilines is 2. The van der Waals surface area contributed by atoms with E-state index in [-0.39, 0.29) is 0 Å². The molecular formula is C14H24N2. The number of nitrogens with one attached hydrogen (secondary N) is 1. The van der Waals surface area contributed by atoms with Crippen molar-refractivity contribution in [3.05, 3.63) is 24.3 Å². The highest BCUT2D eigenvalue weighted by Gasteiger charge is 2.05. The van der Waals surface area contributed by atoms with Gasteiger partial charge < -0.3 is 10.2 Å². The van der Waals surface area contributed by atoms with Gasteiger partial charge in [-0.15, -0.1) is 0 Å². The molecule has 2 heteroatoms. The summed E-state index contributed by atoms with van der Waals surface area (Å²) >= 11 is 0. The molecule has 0 aliphatic carbocycles. The average Bonchev–Trinajstić information content (AvgIpc) is 2.27. The molecule has 0 bridgehead atoms. The number of hydrogen-bond donors (Lipinski definition) is 1. The quantitative estimate of drug-likeness (QED) is 0.788. The predicted octanol–water partition coefficient (Wildman–Crippen LogP) is 3.60. The zero-order valence-electron chi connectivity index (χ0n) is 11.0. The summed E-state index contributed by atoms with van der Waals surface area (Å²) in [5, 5.41) is 3.54. The van der Waals surface area contributed by atoms with E-state index in [4.69, 9.17) is 0 Å². The number of benzene rings is 1. The van der Waals surface area contributed by atoms with Crippen LogP contribution in [0, 0.1) is 5.92 Å². The molecule has 0 radical (unpaired) electrons. The number of rotatable bonds is 6. The monoisotopic (exact) mass is 220 g/mol. The molecule has 1 rings (SSSR count). The SMILES string of the molecule is CCCC(C)CNc1ccccc1N(C)C. The molecule has 1 aromatic rings. The molecule has 2 nitrogen and oxygen atoms in total. The van der Waals surface area contributed by atoms with Crippen LogP contribution in [-0.2, 0) is 0 Å². The van der Waals surface area contributed by atoms with Gasteiger partial charge in [0.25, 0.3) is 0 Å². The molecular weight excluding hydrogens is 196 g/mol. The summed E-state index contributed by atoms with van der Waals surface area (Å²) in [6, 6.07) is 8.45. The van der Waals surface area contributed by atoms with Gasteiger partial charge in [0.2, 0.25) is 0 Å². The van der Waals surface area contributed by atoms with E-state index in [1.807, 2.05) is 0 Å². The van der Waals surface area contributed by atoms with Crippen LogP contribution in [0.4, 0.5) is 11.4 Å². The third-order valence-electron chi connectivity index (χ3n) is 2.81. The summed E-state index contributed by atoms with van der Waals surface area (Å²) in [7, 11) is 4.16. The van der Waals surface area contributed by atoms with Gasteiger partial charge >= 0.3 is 0 Å². The Morgan fingerprint density at radius 2 is 1.94 bits per heavy atom. The first-order valence-electron chi connectivity index (χ1n) is 6.15. The summed E-state index contributed by atoms with van der Waals surface area (Å²) in [5.74, 6) is 0.736. The van der Waals surface area contributed by atoms with Crippen molar-refractivity contribution in [2.75, 3.05) is 30.9 Å². The summed E-state index contributed by atoms with van der Waals surface area (Å²) in [5.41, 5.74) is 2.49. The van der Waals surface area contributed by atoms with E-state index in [9.17, 15) is 0 Å². The average molecular weight is 220 g/mol. The Kier molecular flexibility index (Phi) is 5.17. The zero-order chi connectivity index (χ0) is 12.0. The molecule has 0 fully saturated rings. The number of para-hydroxylation sites is 2. The summed E-state index contributed by atoms with van der Waals surface area (Å²) < 4.78 is 0. The van der Waals surface area contributed by atoms with Crippen molar-refractivity contribution >= 4 is 11.4 Å². The fourth-order valence-corrected chi connectivity index (χ4v) is 1.89. The van der Waals surface area contributed by atoms with Crippen molar-refractivity contribution in [2.45, 2.75) is 26.7 Å². The second kappa shape index (κ2) is 6.41. The van der Waals surface area contributed by atoms with Gasteiger partial charge in [-0.05, 0) is 24.5 Å². The highest BCUT2D eigenvalue weighted by atomic mass is 15.1. The molecule has 0 heterocycles. The van der Waals surface area contributed by atoms with Gasteiger partial charge in [0.05, 0.1) is 11.4 Å². The Morgan fingerprint density at radius 1 is 1.25 bits per heavy atom. The molecule has 0 amide bonds. The first-order valence-corrected chi connectivity index (χ1v) is 6.15. The van der Waals surface area contributed by atoms with Crippen LogP contribution in [0.25, 0.3) is 0 Å². The Bertz CT molecular complexity index is 307. The lowest BCUT2D eigenvalue weighted by atomic mass is 10.1. The molecule has 16 heavy (non-hydrogen) atoms. The van der Waals surface area contributed by atoms with E-state index in [1.54, 1.807) is 0 Å². The second-order valence-electron chi connectivity index (χ2n) is 4.69. The van der Waals surface area contributed by atoms with Crippen molar-refractivity contribution in [1.82, 2.24) is 0 Å².